The van der Waals surface area contributed by atoms with E-state index in [1.807, 2.05) is 53.6 Å². The van der Waals surface area contributed by atoms with Gasteiger partial charge < -0.3 is 9.13 Å². The van der Waals surface area contributed by atoms with E-state index in [1.165, 1.54) is 11.1 Å². The minimum absolute atomic E-state index is 0.0191. The highest BCUT2D eigenvalue weighted by molar-refractivity contribution is 6.30. The van der Waals surface area contributed by atoms with Gasteiger partial charge in [0, 0.05) is 47.1 Å². The Balaban J connectivity index is 1.92. The molecule has 1 unspecified atom stereocenters. The highest BCUT2D eigenvalue weighted by Gasteiger charge is 2.21. The van der Waals surface area contributed by atoms with E-state index in [-0.39, 0.29) is 6.04 Å². The molecule has 1 atom stereocenters. The molecule has 0 fully saturated rings. The molecule has 0 bridgehead atoms. The minimum Gasteiger partial charge on any atom is -0.330 e. The SMILES string of the molecule is C=Cn1cc(-c2ccc(Cl)cc2)c(C(c2ccccc2)n2ccnc2)c1. The smallest absolute Gasteiger partial charge is 0.0954 e. The van der Waals surface area contributed by atoms with Crippen molar-refractivity contribution in [3.63, 3.8) is 0 Å². The van der Waals surface area contributed by atoms with Crippen LogP contribution in [0.5, 0.6) is 0 Å². The molecule has 0 aliphatic carbocycles. The van der Waals surface area contributed by atoms with Crippen LogP contribution in [-0.4, -0.2) is 14.1 Å². The molecule has 0 saturated heterocycles. The van der Waals surface area contributed by atoms with E-state index in [1.54, 1.807) is 6.20 Å². The fourth-order valence-corrected chi connectivity index (χ4v) is 3.38. The Hall–Kier alpha value is -3.04. The lowest BCUT2D eigenvalue weighted by molar-refractivity contribution is 0.678. The van der Waals surface area contributed by atoms with Crippen LogP contribution in [0, 0.1) is 0 Å². The number of rotatable bonds is 5. The van der Waals surface area contributed by atoms with Gasteiger partial charge in [0.05, 0.1) is 12.4 Å². The Bertz CT molecular complexity index is 999. The van der Waals surface area contributed by atoms with Crippen molar-refractivity contribution in [1.29, 1.82) is 0 Å². The maximum Gasteiger partial charge on any atom is 0.0954 e. The third-order valence-corrected chi connectivity index (χ3v) is 4.73. The van der Waals surface area contributed by atoms with Crippen molar-refractivity contribution in [3.05, 3.63) is 108 Å². The molecule has 0 radical (unpaired) electrons. The summed E-state index contributed by atoms with van der Waals surface area (Å²) in [5.41, 5.74) is 4.63. The highest BCUT2D eigenvalue weighted by Crippen LogP contribution is 2.35. The van der Waals surface area contributed by atoms with Gasteiger partial charge in [0.15, 0.2) is 0 Å². The van der Waals surface area contributed by atoms with Gasteiger partial charge in [-0.3, -0.25) is 0 Å². The van der Waals surface area contributed by atoms with Gasteiger partial charge in [0.25, 0.3) is 0 Å². The number of nitrogens with zero attached hydrogens (tertiary/aromatic N) is 3. The molecule has 0 N–H and O–H groups in total. The van der Waals surface area contributed by atoms with Crippen LogP contribution in [0.2, 0.25) is 5.02 Å². The summed E-state index contributed by atoms with van der Waals surface area (Å²) in [5, 5.41) is 0.729. The summed E-state index contributed by atoms with van der Waals surface area (Å²) in [7, 11) is 0. The van der Waals surface area contributed by atoms with E-state index in [0.29, 0.717) is 0 Å². The average molecular weight is 360 g/mol. The molecule has 128 valence electrons. The molecule has 2 aromatic heterocycles. The maximum absolute atomic E-state index is 6.08. The van der Waals surface area contributed by atoms with E-state index in [2.05, 4.69) is 52.8 Å². The average Bonchev–Trinajstić information content (AvgIpc) is 3.34. The van der Waals surface area contributed by atoms with Crippen LogP contribution in [0.3, 0.4) is 0 Å². The van der Waals surface area contributed by atoms with Crippen molar-refractivity contribution < 1.29 is 0 Å². The number of imidazole rings is 1. The van der Waals surface area contributed by atoms with Crippen molar-refractivity contribution in [2.45, 2.75) is 6.04 Å². The lowest BCUT2D eigenvalue weighted by Gasteiger charge is -2.20. The monoisotopic (exact) mass is 359 g/mol. The highest BCUT2D eigenvalue weighted by atomic mass is 35.5. The van der Waals surface area contributed by atoms with Crippen LogP contribution in [0.25, 0.3) is 17.3 Å². The first-order chi connectivity index (χ1) is 12.8. The van der Waals surface area contributed by atoms with Crippen molar-refractivity contribution in [3.8, 4) is 11.1 Å². The zero-order valence-electron chi connectivity index (χ0n) is 14.2. The summed E-state index contributed by atoms with van der Waals surface area (Å²) in [5.74, 6) is 0. The second-order valence-electron chi connectivity index (χ2n) is 6.09. The van der Waals surface area contributed by atoms with Crippen molar-refractivity contribution >= 4 is 17.8 Å². The third kappa shape index (κ3) is 3.09. The Morgan fingerprint density at radius 3 is 2.42 bits per heavy atom. The molecule has 0 spiro atoms. The van der Waals surface area contributed by atoms with Gasteiger partial charge in [-0.1, -0.05) is 60.6 Å². The molecule has 3 nitrogen and oxygen atoms in total. The Labute approximate surface area is 157 Å². The minimum atomic E-state index is 0.0191. The lowest BCUT2D eigenvalue weighted by Crippen LogP contribution is -2.10. The quantitative estimate of drug-likeness (QED) is 0.445. The summed E-state index contributed by atoms with van der Waals surface area (Å²) >= 11 is 6.08. The number of benzene rings is 2. The van der Waals surface area contributed by atoms with Crippen molar-refractivity contribution in [2.24, 2.45) is 0 Å². The molecule has 0 aliphatic rings. The summed E-state index contributed by atoms with van der Waals surface area (Å²) < 4.78 is 4.11. The summed E-state index contributed by atoms with van der Waals surface area (Å²) in [6.07, 6.45) is 11.7. The first-order valence-electron chi connectivity index (χ1n) is 8.38. The molecule has 0 saturated carbocycles. The van der Waals surface area contributed by atoms with Crippen molar-refractivity contribution in [2.75, 3.05) is 0 Å². The standard InChI is InChI=1S/C22H18ClN3/c1-2-25-14-20(17-8-10-19(23)11-9-17)21(15-25)22(26-13-12-24-16-26)18-6-4-3-5-7-18/h2-16,22H,1H2. The van der Waals surface area contributed by atoms with Gasteiger partial charge >= 0.3 is 0 Å². The maximum atomic E-state index is 6.08. The van der Waals surface area contributed by atoms with Gasteiger partial charge in [-0.05, 0) is 23.3 Å². The number of halogens is 1. The normalized spacial score (nSPS) is 12.0. The second kappa shape index (κ2) is 7.06. The van der Waals surface area contributed by atoms with Crippen LogP contribution in [0.1, 0.15) is 17.2 Å². The molecular weight excluding hydrogens is 342 g/mol. The molecule has 2 heterocycles. The van der Waals surface area contributed by atoms with Crippen LogP contribution in [0.15, 0.2) is 92.3 Å². The summed E-state index contributed by atoms with van der Waals surface area (Å²) in [6, 6.07) is 18.4. The Morgan fingerprint density at radius 1 is 1.00 bits per heavy atom. The van der Waals surface area contributed by atoms with Crippen LogP contribution in [-0.2, 0) is 0 Å². The zero-order chi connectivity index (χ0) is 17.9. The number of aromatic nitrogens is 3. The molecule has 0 aliphatic heterocycles. The van der Waals surface area contributed by atoms with Gasteiger partial charge in [-0.15, -0.1) is 0 Å². The molecule has 4 heteroatoms. The van der Waals surface area contributed by atoms with E-state index < -0.39 is 0 Å². The number of hydrogen-bond donors (Lipinski definition) is 0. The van der Waals surface area contributed by atoms with Crippen LogP contribution in [0.4, 0.5) is 0 Å². The van der Waals surface area contributed by atoms with Crippen LogP contribution < -0.4 is 0 Å². The predicted octanol–water partition coefficient (Wildman–Crippen LogP) is 5.74. The summed E-state index contributed by atoms with van der Waals surface area (Å²) in [4.78, 5) is 4.25. The molecule has 4 rings (SSSR count). The lowest BCUT2D eigenvalue weighted by atomic mass is 9.94. The van der Waals surface area contributed by atoms with Crippen molar-refractivity contribution in [1.82, 2.24) is 14.1 Å². The van der Waals surface area contributed by atoms with E-state index >= 15 is 0 Å². The number of hydrogen-bond acceptors (Lipinski definition) is 1. The predicted molar refractivity (Wildman–Crippen MR) is 107 cm³/mol. The van der Waals surface area contributed by atoms with Gasteiger partial charge in [-0.25, -0.2) is 4.98 Å². The molecule has 26 heavy (non-hydrogen) atoms. The van der Waals surface area contributed by atoms with E-state index in [0.717, 1.165) is 16.1 Å². The van der Waals surface area contributed by atoms with E-state index in [9.17, 15) is 0 Å². The molecule has 4 aromatic rings. The van der Waals surface area contributed by atoms with Gasteiger partial charge in [-0.2, -0.15) is 0 Å². The Morgan fingerprint density at radius 2 is 1.77 bits per heavy atom. The third-order valence-electron chi connectivity index (χ3n) is 4.48. The van der Waals surface area contributed by atoms with Crippen LogP contribution >= 0.6 is 11.6 Å². The second-order valence-corrected chi connectivity index (χ2v) is 6.52. The first kappa shape index (κ1) is 16.4. The first-order valence-corrected chi connectivity index (χ1v) is 8.76. The fourth-order valence-electron chi connectivity index (χ4n) is 3.25. The largest absolute Gasteiger partial charge is 0.330 e. The fraction of sp³-hybridized carbons (Fsp3) is 0.0455. The topological polar surface area (TPSA) is 22.8 Å². The van der Waals surface area contributed by atoms with E-state index in [4.69, 9.17) is 11.6 Å². The Kier molecular flexibility index (Phi) is 4.46. The van der Waals surface area contributed by atoms with Gasteiger partial charge in [0.2, 0.25) is 0 Å². The van der Waals surface area contributed by atoms with Gasteiger partial charge in [0.1, 0.15) is 0 Å². The zero-order valence-corrected chi connectivity index (χ0v) is 14.9. The summed E-state index contributed by atoms with van der Waals surface area (Å²) in [6.45, 7) is 3.91. The molecule has 2 aromatic carbocycles. The molecule has 0 amide bonds. The molecular formula is C22H18ClN3.